The molecule has 4 rings (SSSR count). The van der Waals surface area contributed by atoms with Crippen LogP contribution in [-0.2, 0) is 4.79 Å². The standard InChI is InChI=1S/C19H20N6O2S/c1-12-20-15(11-17(21-12)22-19-24-23-13(2)28-19)16-6-3-9-25(16)18(26)8-7-14-5-4-10-27-14/h4-5,7-8,10-11,16H,3,6,9H2,1-2H3,(H,20,21,22,24)/b8-7+/t16-/m1/s1. The average molecular weight is 396 g/mol. The molecule has 1 aliphatic heterocycles. The molecule has 144 valence electrons. The highest BCUT2D eigenvalue weighted by atomic mass is 32.1. The Kier molecular flexibility index (Phi) is 5.16. The van der Waals surface area contributed by atoms with Gasteiger partial charge in [-0.15, -0.1) is 10.2 Å². The normalized spacial score (nSPS) is 16.8. The summed E-state index contributed by atoms with van der Waals surface area (Å²) in [6, 6.07) is 5.41. The molecule has 3 aromatic heterocycles. The molecule has 0 bridgehead atoms. The molecule has 0 spiro atoms. The number of carbonyl (C=O) groups is 1. The minimum absolute atomic E-state index is 0.0515. The summed E-state index contributed by atoms with van der Waals surface area (Å²) >= 11 is 1.46. The van der Waals surface area contributed by atoms with Gasteiger partial charge in [0.25, 0.3) is 0 Å². The molecule has 1 saturated heterocycles. The maximum atomic E-state index is 12.7. The molecule has 0 unspecified atom stereocenters. The van der Waals surface area contributed by atoms with E-state index in [2.05, 4.69) is 25.5 Å². The molecular weight excluding hydrogens is 376 g/mol. The number of hydrogen-bond donors (Lipinski definition) is 1. The Hall–Kier alpha value is -3.07. The van der Waals surface area contributed by atoms with Crippen molar-refractivity contribution >= 4 is 34.3 Å². The van der Waals surface area contributed by atoms with Crippen LogP contribution in [0, 0.1) is 13.8 Å². The maximum absolute atomic E-state index is 12.7. The summed E-state index contributed by atoms with van der Waals surface area (Å²) in [7, 11) is 0. The molecule has 8 nitrogen and oxygen atoms in total. The highest BCUT2D eigenvalue weighted by molar-refractivity contribution is 7.15. The first-order valence-corrected chi connectivity index (χ1v) is 9.85. The number of hydrogen-bond acceptors (Lipinski definition) is 8. The van der Waals surface area contributed by atoms with Crippen LogP contribution in [0.1, 0.15) is 41.2 Å². The molecule has 0 saturated carbocycles. The summed E-state index contributed by atoms with van der Waals surface area (Å²) in [6.07, 6.45) is 6.63. The minimum Gasteiger partial charge on any atom is -0.465 e. The van der Waals surface area contributed by atoms with Gasteiger partial charge in [0.1, 0.15) is 22.4 Å². The number of aryl methyl sites for hydroxylation is 2. The van der Waals surface area contributed by atoms with Crippen molar-refractivity contribution in [2.75, 3.05) is 11.9 Å². The Labute approximate surface area is 166 Å². The van der Waals surface area contributed by atoms with Crippen LogP contribution in [0.25, 0.3) is 6.08 Å². The van der Waals surface area contributed by atoms with Crippen molar-refractivity contribution in [2.45, 2.75) is 32.7 Å². The first-order chi connectivity index (χ1) is 13.6. The molecule has 0 aliphatic carbocycles. The Bertz CT molecular complexity index is 998. The van der Waals surface area contributed by atoms with E-state index >= 15 is 0 Å². The Morgan fingerprint density at radius 3 is 3.00 bits per heavy atom. The third-order valence-electron chi connectivity index (χ3n) is 4.43. The fraction of sp³-hybridized carbons (Fsp3) is 0.316. The van der Waals surface area contributed by atoms with E-state index in [1.54, 1.807) is 24.5 Å². The van der Waals surface area contributed by atoms with E-state index in [0.717, 1.165) is 23.5 Å². The third kappa shape index (κ3) is 4.09. The molecule has 0 aromatic carbocycles. The van der Waals surface area contributed by atoms with Gasteiger partial charge in [-0.2, -0.15) is 0 Å². The fourth-order valence-electron chi connectivity index (χ4n) is 3.26. The van der Waals surface area contributed by atoms with Crippen molar-refractivity contribution in [3.63, 3.8) is 0 Å². The number of nitrogens with zero attached hydrogens (tertiary/aromatic N) is 5. The first kappa shape index (κ1) is 18.3. The fourth-order valence-corrected chi connectivity index (χ4v) is 3.85. The van der Waals surface area contributed by atoms with Gasteiger partial charge in [-0.1, -0.05) is 11.3 Å². The van der Waals surface area contributed by atoms with Crippen molar-refractivity contribution in [3.8, 4) is 0 Å². The predicted octanol–water partition coefficient (Wildman–Crippen LogP) is 3.66. The summed E-state index contributed by atoms with van der Waals surface area (Å²) in [4.78, 5) is 23.6. The zero-order chi connectivity index (χ0) is 19.5. The smallest absolute Gasteiger partial charge is 0.247 e. The molecule has 1 fully saturated rings. The first-order valence-electron chi connectivity index (χ1n) is 9.03. The summed E-state index contributed by atoms with van der Waals surface area (Å²) in [5, 5.41) is 12.8. The molecular formula is C19H20N6O2S. The molecule has 9 heteroatoms. The largest absolute Gasteiger partial charge is 0.465 e. The lowest BCUT2D eigenvalue weighted by Gasteiger charge is -2.23. The number of aromatic nitrogens is 4. The monoisotopic (exact) mass is 396 g/mol. The summed E-state index contributed by atoms with van der Waals surface area (Å²) in [5.74, 6) is 1.90. The van der Waals surface area contributed by atoms with Gasteiger partial charge in [0, 0.05) is 18.7 Å². The van der Waals surface area contributed by atoms with Crippen LogP contribution in [0.15, 0.2) is 35.0 Å². The van der Waals surface area contributed by atoms with Gasteiger partial charge in [-0.3, -0.25) is 4.79 Å². The molecule has 1 N–H and O–H groups in total. The second-order valence-electron chi connectivity index (χ2n) is 6.51. The maximum Gasteiger partial charge on any atom is 0.247 e. The number of furan rings is 1. The van der Waals surface area contributed by atoms with Crippen LogP contribution < -0.4 is 5.32 Å². The second-order valence-corrected chi connectivity index (χ2v) is 7.70. The van der Waals surface area contributed by atoms with Gasteiger partial charge in [0.2, 0.25) is 11.0 Å². The van der Waals surface area contributed by atoms with Crippen molar-refractivity contribution < 1.29 is 9.21 Å². The molecule has 1 amide bonds. The van der Waals surface area contributed by atoms with Crippen LogP contribution in [0.5, 0.6) is 0 Å². The van der Waals surface area contributed by atoms with Crippen LogP contribution >= 0.6 is 11.3 Å². The number of anilines is 2. The van der Waals surface area contributed by atoms with E-state index in [-0.39, 0.29) is 11.9 Å². The van der Waals surface area contributed by atoms with Crippen molar-refractivity contribution in [1.82, 2.24) is 25.1 Å². The van der Waals surface area contributed by atoms with Gasteiger partial charge in [0.05, 0.1) is 18.0 Å². The van der Waals surface area contributed by atoms with Gasteiger partial charge in [-0.25, -0.2) is 9.97 Å². The van der Waals surface area contributed by atoms with Crippen molar-refractivity contribution in [2.24, 2.45) is 0 Å². The van der Waals surface area contributed by atoms with Crippen LogP contribution in [0.3, 0.4) is 0 Å². The van der Waals surface area contributed by atoms with Crippen molar-refractivity contribution in [1.29, 1.82) is 0 Å². The SMILES string of the molecule is Cc1nc(Nc2nnc(C)s2)cc([C@H]2CCCN2C(=O)/C=C/c2ccco2)n1. The van der Waals surface area contributed by atoms with E-state index in [1.165, 1.54) is 11.3 Å². The lowest BCUT2D eigenvalue weighted by atomic mass is 10.1. The topological polar surface area (TPSA) is 97.0 Å². The molecule has 28 heavy (non-hydrogen) atoms. The van der Waals surface area contributed by atoms with Gasteiger partial charge in [-0.05, 0) is 44.9 Å². The van der Waals surface area contributed by atoms with E-state index in [0.29, 0.717) is 29.1 Å². The Morgan fingerprint density at radius 2 is 2.25 bits per heavy atom. The highest BCUT2D eigenvalue weighted by Crippen LogP contribution is 2.32. The molecule has 1 atom stereocenters. The molecule has 3 aromatic rings. The molecule has 1 aliphatic rings. The Morgan fingerprint density at radius 1 is 1.36 bits per heavy atom. The van der Waals surface area contributed by atoms with E-state index in [4.69, 9.17) is 4.42 Å². The minimum atomic E-state index is -0.0767. The third-order valence-corrected chi connectivity index (χ3v) is 5.18. The van der Waals surface area contributed by atoms with E-state index in [1.807, 2.05) is 30.9 Å². The van der Waals surface area contributed by atoms with Gasteiger partial charge in [0.15, 0.2) is 0 Å². The van der Waals surface area contributed by atoms with Crippen LogP contribution in [0.4, 0.5) is 10.9 Å². The van der Waals surface area contributed by atoms with E-state index < -0.39 is 0 Å². The lowest BCUT2D eigenvalue weighted by Crippen LogP contribution is -2.29. The van der Waals surface area contributed by atoms with Crippen molar-refractivity contribution in [3.05, 3.63) is 52.8 Å². The second kappa shape index (κ2) is 7.89. The quantitative estimate of drug-likeness (QED) is 0.657. The number of likely N-dealkylation sites (tertiary alicyclic amines) is 1. The lowest BCUT2D eigenvalue weighted by molar-refractivity contribution is -0.126. The molecule has 4 heterocycles. The summed E-state index contributed by atoms with van der Waals surface area (Å²) in [6.45, 7) is 4.45. The van der Waals surface area contributed by atoms with Gasteiger partial charge < -0.3 is 14.6 Å². The number of rotatable bonds is 5. The zero-order valence-corrected chi connectivity index (χ0v) is 16.4. The average Bonchev–Trinajstić information content (AvgIpc) is 3.41. The zero-order valence-electron chi connectivity index (χ0n) is 15.6. The van der Waals surface area contributed by atoms with Crippen LogP contribution in [-0.4, -0.2) is 37.5 Å². The number of amides is 1. The van der Waals surface area contributed by atoms with Crippen LogP contribution in [0.2, 0.25) is 0 Å². The Balaban J connectivity index is 1.54. The highest BCUT2D eigenvalue weighted by Gasteiger charge is 2.30. The summed E-state index contributed by atoms with van der Waals surface area (Å²) in [5.41, 5.74) is 0.827. The molecule has 0 radical (unpaired) electrons. The number of carbonyl (C=O) groups excluding carboxylic acids is 1. The van der Waals surface area contributed by atoms with E-state index in [9.17, 15) is 4.79 Å². The number of nitrogens with one attached hydrogen (secondary N) is 1. The summed E-state index contributed by atoms with van der Waals surface area (Å²) < 4.78 is 5.25. The predicted molar refractivity (Wildman–Crippen MR) is 106 cm³/mol. The van der Waals surface area contributed by atoms with Gasteiger partial charge >= 0.3 is 0 Å².